The van der Waals surface area contributed by atoms with Crippen LogP contribution in [-0.4, -0.2) is 17.5 Å². The Morgan fingerprint density at radius 1 is 1.26 bits per heavy atom. The van der Waals surface area contributed by atoms with E-state index in [4.69, 9.17) is 16.7 Å². The van der Waals surface area contributed by atoms with E-state index in [1.54, 1.807) is 0 Å². The van der Waals surface area contributed by atoms with Crippen LogP contribution in [0.1, 0.15) is 34.7 Å². The summed E-state index contributed by atoms with van der Waals surface area (Å²) >= 11 is 0. The van der Waals surface area contributed by atoms with Crippen LogP contribution in [0.25, 0.3) is 0 Å². The third-order valence-electron chi connectivity index (χ3n) is 4.76. The number of para-hydroxylation sites is 1. The Hall–Kier alpha value is -3.98. The van der Waals surface area contributed by atoms with Crippen LogP contribution in [-0.2, 0) is 6.42 Å². The van der Waals surface area contributed by atoms with Crippen molar-refractivity contribution in [2.45, 2.75) is 18.9 Å². The summed E-state index contributed by atoms with van der Waals surface area (Å²) in [6.07, 6.45) is 3.88. The number of nitrogens with zero attached hydrogens (tertiary/aromatic N) is 4. The summed E-state index contributed by atoms with van der Waals surface area (Å²) in [6.45, 7) is 0.869. The van der Waals surface area contributed by atoms with Crippen molar-refractivity contribution in [2.75, 3.05) is 28.6 Å². The van der Waals surface area contributed by atoms with E-state index >= 15 is 0 Å². The molecule has 0 amide bonds. The van der Waals surface area contributed by atoms with Gasteiger partial charge in [0.25, 0.3) is 0 Å². The summed E-state index contributed by atoms with van der Waals surface area (Å²) in [4.78, 5) is 8.90. The van der Waals surface area contributed by atoms with E-state index in [1.807, 2.05) is 24.4 Å². The topological polar surface area (TPSA) is 161 Å². The van der Waals surface area contributed by atoms with E-state index < -0.39 is 6.04 Å². The number of hydrogen-bond acceptors (Lipinski definition) is 9. The maximum atomic E-state index is 9.41. The zero-order chi connectivity index (χ0) is 19.0. The van der Waals surface area contributed by atoms with Crippen LogP contribution in [0.4, 0.5) is 23.0 Å². The average Bonchev–Trinajstić information content (AvgIpc) is 2.67. The molecule has 0 saturated heterocycles. The molecule has 2 aliphatic heterocycles. The third-order valence-corrected chi connectivity index (χ3v) is 4.76. The van der Waals surface area contributed by atoms with Gasteiger partial charge in [0.1, 0.15) is 29.3 Å². The molecule has 1 aromatic carbocycles. The van der Waals surface area contributed by atoms with Crippen molar-refractivity contribution < 1.29 is 0 Å². The second-order valence-corrected chi connectivity index (χ2v) is 6.31. The highest BCUT2D eigenvalue weighted by Gasteiger charge is 2.31. The predicted octanol–water partition coefficient (Wildman–Crippen LogP) is 1.42. The number of benzene rings is 1. The molecule has 3 heterocycles. The van der Waals surface area contributed by atoms with Gasteiger partial charge in [0.05, 0.1) is 5.69 Å². The molecule has 2 aliphatic rings. The zero-order valence-corrected chi connectivity index (χ0v) is 14.4. The molecule has 1 unspecified atom stereocenters. The molecule has 0 bridgehead atoms. The van der Waals surface area contributed by atoms with Gasteiger partial charge >= 0.3 is 0 Å². The van der Waals surface area contributed by atoms with Gasteiger partial charge in [-0.1, -0.05) is 18.2 Å². The summed E-state index contributed by atoms with van der Waals surface area (Å²) < 4.78 is 0. The van der Waals surface area contributed by atoms with E-state index in [-0.39, 0.29) is 23.0 Å². The maximum Gasteiger partial charge on any atom is 0.211 e. The van der Waals surface area contributed by atoms with E-state index in [1.165, 1.54) is 5.56 Å². The first-order valence-corrected chi connectivity index (χ1v) is 8.48. The van der Waals surface area contributed by atoms with Crippen LogP contribution in [0.3, 0.4) is 0 Å². The van der Waals surface area contributed by atoms with Crippen LogP contribution < -0.4 is 27.4 Å². The number of guanidine groups is 1. The lowest BCUT2D eigenvalue weighted by Gasteiger charge is -2.29. The molecule has 1 aromatic heterocycles. The zero-order valence-electron chi connectivity index (χ0n) is 14.4. The first kappa shape index (κ1) is 16.5. The van der Waals surface area contributed by atoms with E-state index in [0.29, 0.717) is 11.4 Å². The van der Waals surface area contributed by atoms with Crippen LogP contribution in [0, 0.1) is 22.8 Å². The number of anilines is 4. The van der Waals surface area contributed by atoms with Gasteiger partial charge in [-0.2, -0.15) is 10.5 Å². The molecular formula is C18H17N9. The second-order valence-electron chi connectivity index (χ2n) is 6.31. The summed E-state index contributed by atoms with van der Waals surface area (Å²) in [5.74, 6) is 0.668. The normalized spacial score (nSPS) is 17.1. The van der Waals surface area contributed by atoms with Crippen LogP contribution >= 0.6 is 0 Å². The maximum absolute atomic E-state index is 9.41. The first-order valence-electron chi connectivity index (χ1n) is 8.48. The first-order chi connectivity index (χ1) is 13.1. The predicted molar refractivity (Wildman–Crippen MR) is 103 cm³/mol. The van der Waals surface area contributed by atoms with Crippen molar-refractivity contribution in [2.24, 2.45) is 4.99 Å². The molecule has 2 aromatic rings. The standard InChI is InChI=1S/C18H17N9/c19-7-11-13(21)12-15(10-5-1-3-9-4-2-6-23-14(9)10)25-18(24-8-20)27-17(12)26-16(11)22/h1,3,5,15,23H,2,4,6H2,(H6,21,22,24,25,26,27). The molecule has 0 fully saturated rings. The Morgan fingerprint density at radius 2 is 2.11 bits per heavy atom. The summed E-state index contributed by atoms with van der Waals surface area (Å²) in [7, 11) is 0. The van der Waals surface area contributed by atoms with Crippen LogP contribution in [0.2, 0.25) is 0 Å². The monoisotopic (exact) mass is 359 g/mol. The number of fused-ring (bicyclic) bond motifs is 2. The van der Waals surface area contributed by atoms with E-state index in [2.05, 4.69) is 32.0 Å². The molecule has 1 atom stereocenters. The Labute approximate surface area is 155 Å². The lowest BCUT2D eigenvalue weighted by Crippen LogP contribution is -2.33. The number of nitrogens with two attached hydrogens (primary N) is 2. The number of nitrogen functional groups attached to an aromatic ring is 2. The van der Waals surface area contributed by atoms with Crippen molar-refractivity contribution in [3.63, 3.8) is 0 Å². The Bertz CT molecular complexity index is 1040. The Balaban J connectivity index is 1.96. The molecule has 0 radical (unpaired) electrons. The number of aliphatic imine (C=N–C) groups is 1. The molecule has 9 heteroatoms. The number of aromatic nitrogens is 1. The fraction of sp³-hybridized carbons (Fsp3) is 0.222. The summed E-state index contributed by atoms with van der Waals surface area (Å²) in [6, 6.07) is 7.50. The van der Waals surface area contributed by atoms with Gasteiger partial charge in [-0.3, -0.25) is 5.32 Å². The number of aryl methyl sites for hydroxylation is 1. The Morgan fingerprint density at radius 3 is 2.89 bits per heavy atom. The number of hydrogen-bond donors (Lipinski definition) is 5. The highest BCUT2D eigenvalue weighted by Crippen LogP contribution is 2.43. The molecule has 134 valence electrons. The van der Waals surface area contributed by atoms with E-state index in [9.17, 15) is 5.26 Å². The minimum absolute atomic E-state index is 0.0337. The highest BCUT2D eigenvalue weighted by molar-refractivity contribution is 5.98. The van der Waals surface area contributed by atoms with Gasteiger partial charge in [-0.05, 0) is 18.4 Å². The lowest BCUT2D eigenvalue weighted by molar-refractivity contribution is 0.800. The minimum atomic E-state index is -0.530. The lowest BCUT2D eigenvalue weighted by atomic mass is 9.90. The SMILES string of the molecule is N#CNC1=NC(c2cccc3c2NCCC3)c2c(nc(N)c(C#N)c2N)N1. The molecular weight excluding hydrogens is 342 g/mol. The summed E-state index contributed by atoms with van der Waals surface area (Å²) in [5, 5.41) is 27.3. The molecule has 7 N–H and O–H groups in total. The highest BCUT2D eigenvalue weighted by atomic mass is 15.2. The quantitative estimate of drug-likeness (QED) is 0.377. The van der Waals surface area contributed by atoms with Crippen molar-refractivity contribution in [1.82, 2.24) is 10.3 Å². The molecule has 9 nitrogen and oxygen atoms in total. The average molecular weight is 359 g/mol. The molecule has 0 aliphatic carbocycles. The molecule has 0 saturated carbocycles. The molecule has 0 spiro atoms. The van der Waals surface area contributed by atoms with Crippen LogP contribution in [0.5, 0.6) is 0 Å². The number of nitriles is 2. The molecule has 27 heavy (non-hydrogen) atoms. The van der Waals surface area contributed by atoms with Gasteiger partial charge in [-0.15, -0.1) is 0 Å². The smallest absolute Gasteiger partial charge is 0.211 e. The van der Waals surface area contributed by atoms with Gasteiger partial charge < -0.3 is 22.1 Å². The number of nitrogens with one attached hydrogen (secondary N) is 3. The van der Waals surface area contributed by atoms with Crippen molar-refractivity contribution >= 4 is 29.0 Å². The van der Waals surface area contributed by atoms with Gasteiger partial charge in [0, 0.05) is 23.4 Å². The summed E-state index contributed by atoms with van der Waals surface area (Å²) in [5.41, 5.74) is 16.2. The van der Waals surface area contributed by atoms with Crippen molar-refractivity contribution in [3.8, 4) is 12.3 Å². The van der Waals surface area contributed by atoms with Gasteiger partial charge in [-0.25, -0.2) is 9.98 Å². The Kier molecular flexibility index (Phi) is 3.90. The van der Waals surface area contributed by atoms with Crippen molar-refractivity contribution in [1.29, 1.82) is 10.5 Å². The number of pyridine rings is 1. The minimum Gasteiger partial charge on any atom is -0.397 e. The fourth-order valence-corrected chi connectivity index (χ4v) is 3.57. The third kappa shape index (κ3) is 2.62. The number of rotatable bonds is 1. The molecule has 4 rings (SSSR count). The fourth-order valence-electron chi connectivity index (χ4n) is 3.57. The largest absolute Gasteiger partial charge is 0.397 e. The van der Waals surface area contributed by atoms with Crippen LogP contribution in [0.15, 0.2) is 23.2 Å². The van der Waals surface area contributed by atoms with Gasteiger partial charge in [0.15, 0.2) is 6.19 Å². The second kappa shape index (κ2) is 6.39. The van der Waals surface area contributed by atoms with E-state index in [0.717, 1.165) is 30.6 Å². The van der Waals surface area contributed by atoms with Crippen molar-refractivity contribution in [3.05, 3.63) is 40.5 Å². The van der Waals surface area contributed by atoms with Gasteiger partial charge in [0.2, 0.25) is 5.96 Å².